The minimum absolute atomic E-state index is 0.0648. The van der Waals surface area contributed by atoms with Crippen molar-refractivity contribution in [3.05, 3.63) is 58.6 Å². The molecule has 0 bridgehead atoms. The van der Waals surface area contributed by atoms with E-state index in [4.69, 9.17) is 16.7 Å². The summed E-state index contributed by atoms with van der Waals surface area (Å²) in [7, 11) is 0. The van der Waals surface area contributed by atoms with Crippen molar-refractivity contribution in [3.8, 4) is 0 Å². The first kappa shape index (κ1) is 14.9. The summed E-state index contributed by atoms with van der Waals surface area (Å²) in [6.07, 6.45) is 0. The van der Waals surface area contributed by atoms with Gasteiger partial charge in [0.2, 0.25) is 0 Å². The summed E-state index contributed by atoms with van der Waals surface area (Å²) in [6, 6.07) is 11.1. The Labute approximate surface area is 126 Å². The molecule has 3 N–H and O–H groups in total. The largest absolute Gasteiger partial charge is 0.478 e. The molecule has 0 aliphatic carbocycles. The molecule has 0 heterocycles. The molecule has 0 saturated carbocycles. The van der Waals surface area contributed by atoms with Gasteiger partial charge in [-0.2, -0.15) is 0 Å². The molecule has 0 radical (unpaired) electrons. The predicted molar refractivity (Wildman–Crippen MR) is 82.2 cm³/mol. The van der Waals surface area contributed by atoms with Crippen LogP contribution in [0.4, 0.5) is 16.2 Å². The number of urea groups is 1. The Hall–Kier alpha value is -2.53. The van der Waals surface area contributed by atoms with Gasteiger partial charge in [-0.15, -0.1) is 0 Å². The molecule has 2 aromatic rings. The van der Waals surface area contributed by atoms with Gasteiger partial charge in [0.25, 0.3) is 0 Å². The van der Waals surface area contributed by atoms with Crippen LogP contribution in [0.15, 0.2) is 42.5 Å². The number of hydrogen-bond acceptors (Lipinski definition) is 2. The van der Waals surface area contributed by atoms with Crippen molar-refractivity contribution in [2.75, 3.05) is 10.6 Å². The normalized spacial score (nSPS) is 10.0. The highest BCUT2D eigenvalue weighted by Gasteiger charge is 2.10. The van der Waals surface area contributed by atoms with Crippen LogP contribution in [0.3, 0.4) is 0 Å². The van der Waals surface area contributed by atoms with Gasteiger partial charge in [-0.3, -0.25) is 0 Å². The highest BCUT2D eigenvalue weighted by Crippen LogP contribution is 2.21. The van der Waals surface area contributed by atoms with Crippen LogP contribution in [0, 0.1) is 6.92 Å². The molecule has 0 fully saturated rings. The molecule has 0 spiro atoms. The number of amides is 2. The molecule has 5 nitrogen and oxygen atoms in total. The topological polar surface area (TPSA) is 78.4 Å². The Kier molecular flexibility index (Phi) is 4.45. The van der Waals surface area contributed by atoms with Crippen molar-refractivity contribution >= 4 is 35.0 Å². The molecule has 0 saturated heterocycles. The van der Waals surface area contributed by atoms with Gasteiger partial charge in [0.1, 0.15) is 0 Å². The van der Waals surface area contributed by atoms with E-state index >= 15 is 0 Å². The molecule has 0 aromatic heterocycles. The first-order valence-electron chi connectivity index (χ1n) is 6.13. The number of benzene rings is 2. The van der Waals surface area contributed by atoms with Crippen LogP contribution < -0.4 is 10.6 Å². The minimum atomic E-state index is -1.15. The monoisotopic (exact) mass is 304 g/mol. The summed E-state index contributed by atoms with van der Waals surface area (Å²) in [5, 5.41) is 14.3. The van der Waals surface area contributed by atoms with Crippen LogP contribution in [0.25, 0.3) is 0 Å². The standard InChI is InChI=1S/C15H13ClN2O3/c1-9-3-2-4-10(7-9)17-15(21)18-11-5-6-13(16)12(8-11)14(19)20/h2-8H,1H3,(H,19,20)(H2,17,18,21). The van der Waals surface area contributed by atoms with E-state index in [9.17, 15) is 9.59 Å². The summed E-state index contributed by atoms with van der Waals surface area (Å²) in [4.78, 5) is 22.8. The summed E-state index contributed by atoms with van der Waals surface area (Å²) < 4.78 is 0. The van der Waals surface area contributed by atoms with Crippen molar-refractivity contribution in [1.29, 1.82) is 0 Å². The molecule has 0 aliphatic heterocycles. The van der Waals surface area contributed by atoms with E-state index in [-0.39, 0.29) is 10.6 Å². The van der Waals surface area contributed by atoms with Gasteiger partial charge in [-0.25, -0.2) is 9.59 Å². The summed E-state index contributed by atoms with van der Waals surface area (Å²) in [5.74, 6) is -1.15. The summed E-state index contributed by atoms with van der Waals surface area (Å²) in [6.45, 7) is 1.92. The van der Waals surface area contributed by atoms with Crippen molar-refractivity contribution in [3.63, 3.8) is 0 Å². The second-order valence-corrected chi connectivity index (χ2v) is 4.86. The van der Waals surface area contributed by atoms with E-state index in [2.05, 4.69) is 10.6 Å². The molecule has 2 rings (SSSR count). The zero-order valence-corrected chi connectivity index (χ0v) is 11.9. The molecule has 108 valence electrons. The van der Waals surface area contributed by atoms with Gasteiger partial charge in [0.05, 0.1) is 10.6 Å². The fourth-order valence-electron chi connectivity index (χ4n) is 1.78. The SMILES string of the molecule is Cc1cccc(NC(=O)Nc2ccc(Cl)c(C(=O)O)c2)c1. The van der Waals surface area contributed by atoms with Crippen LogP contribution in [-0.4, -0.2) is 17.1 Å². The van der Waals surface area contributed by atoms with E-state index in [0.29, 0.717) is 11.4 Å². The maximum atomic E-state index is 11.9. The predicted octanol–water partition coefficient (Wildman–Crippen LogP) is 3.99. The lowest BCUT2D eigenvalue weighted by molar-refractivity contribution is 0.0697. The Bertz CT molecular complexity index is 701. The second kappa shape index (κ2) is 6.28. The number of carbonyl (C=O) groups excluding carboxylic acids is 1. The van der Waals surface area contributed by atoms with Gasteiger partial charge in [0.15, 0.2) is 0 Å². The van der Waals surface area contributed by atoms with E-state index in [1.54, 1.807) is 6.07 Å². The number of aromatic carboxylic acids is 1. The number of carboxylic acid groups (broad SMARTS) is 1. The van der Waals surface area contributed by atoms with Crippen LogP contribution in [0.2, 0.25) is 5.02 Å². The summed E-state index contributed by atoms with van der Waals surface area (Å²) in [5.41, 5.74) is 1.96. The average molecular weight is 305 g/mol. The van der Waals surface area contributed by atoms with Crippen molar-refractivity contribution in [1.82, 2.24) is 0 Å². The van der Waals surface area contributed by atoms with Crippen molar-refractivity contribution in [2.45, 2.75) is 6.92 Å². The fourth-order valence-corrected chi connectivity index (χ4v) is 1.98. The third-order valence-electron chi connectivity index (χ3n) is 2.73. The fraction of sp³-hybridized carbons (Fsp3) is 0.0667. The number of halogens is 1. The zero-order valence-electron chi connectivity index (χ0n) is 11.2. The lowest BCUT2D eigenvalue weighted by Gasteiger charge is -2.09. The number of anilines is 2. The van der Waals surface area contributed by atoms with E-state index < -0.39 is 12.0 Å². The maximum Gasteiger partial charge on any atom is 0.337 e. The van der Waals surface area contributed by atoms with Gasteiger partial charge in [0, 0.05) is 11.4 Å². The average Bonchev–Trinajstić information content (AvgIpc) is 2.40. The molecule has 21 heavy (non-hydrogen) atoms. The second-order valence-electron chi connectivity index (χ2n) is 4.45. The number of carbonyl (C=O) groups is 2. The van der Waals surface area contributed by atoms with Crippen molar-refractivity contribution in [2.24, 2.45) is 0 Å². The number of aryl methyl sites for hydroxylation is 1. The molecule has 6 heteroatoms. The van der Waals surface area contributed by atoms with Crippen LogP contribution in [-0.2, 0) is 0 Å². The van der Waals surface area contributed by atoms with Gasteiger partial charge < -0.3 is 15.7 Å². The number of nitrogens with one attached hydrogen (secondary N) is 2. The highest BCUT2D eigenvalue weighted by molar-refractivity contribution is 6.33. The molecule has 0 aliphatic rings. The van der Waals surface area contributed by atoms with Gasteiger partial charge in [-0.05, 0) is 42.8 Å². The first-order valence-corrected chi connectivity index (χ1v) is 6.51. The van der Waals surface area contributed by atoms with E-state index in [1.807, 2.05) is 25.1 Å². The zero-order chi connectivity index (χ0) is 15.4. The quantitative estimate of drug-likeness (QED) is 0.802. The Morgan fingerprint density at radius 1 is 1.05 bits per heavy atom. The third-order valence-corrected chi connectivity index (χ3v) is 3.06. The Morgan fingerprint density at radius 3 is 2.33 bits per heavy atom. The van der Waals surface area contributed by atoms with Crippen LogP contribution in [0.5, 0.6) is 0 Å². The minimum Gasteiger partial charge on any atom is -0.478 e. The molecular weight excluding hydrogens is 292 g/mol. The van der Waals surface area contributed by atoms with Gasteiger partial charge >= 0.3 is 12.0 Å². The van der Waals surface area contributed by atoms with E-state index in [1.165, 1.54) is 18.2 Å². The first-order chi connectivity index (χ1) is 9.95. The lowest BCUT2D eigenvalue weighted by atomic mass is 10.2. The Balaban J connectivity index is 2.09. The lowest BCUT2D eigenvalue weighted by Crippen LogP contribution is -2.19. The highest BCUT2D eigenvalue weighted by atomic mass is 35.5. The smallest absolute Gasteiger partial charge is 0.337 e. The third kappa shape index (κ3) is 3.97. The van der Waals surface area contributed by atoms with Crippen LogP contribution >= 0.6 is 11.6 Å². The van der Waals surface area contributed by atoms with E-state index in [0.717, 1.165) is 5.56 Å². The number of rotatable bonds is 3. The molecule has 2 aromatic carbocycles. The molecule has 0 atom stereocenters. The Morgan fingerprint density at radius 2 is 1.71 bits per heavy atom. The maximum absolute atomic E-state index is 11.9. The molecule has 2 amide bonds. The van der Waals surface area contributed by atoms with Crippen LogP contribution in [0.1, 0.15) is 15.9 Å². The van der Waals surface area contributed by atoms with Gasteiger partial charge in [-0.1, -0.05) is 23.7 Å². The number of carboxylic acids is 1. The summed E-state index contributed by atoms with van der Waals surface area (Å²) >= 11 is 5.77. The molecular formula is C15H13ClN2O3. The molecule has 0 unspecified atom stereocenters. The number of hydrogen-bond donors (Lipinski definition) is 3. The van der Waals surface area contributed by atoms with Crippen molar-refractivity contribution < 1.29 is 14.7 Å².